The molecular weight excluding hydrogens is 342 g/mol. The van der Waals surface area contributed by atoms with Crippen LogP contribution in [-0.2, 0) is 14.3 Å². The van der Waals surface area contributed by atoms with E-state index in [0.717, 1.165) is 19.3 Å². The molecule has 27 heavy (non-hydrogen) atoms. The second kappa shape index (κ2) is 8.87. The summed E-state index contributed by atoms with van der Waals surface area (Å²) in [7, 11) is 0. The number of aliphatic carboxylic acids is 1. The Morgan fingerprint density at radius 3 is 2.44 bits per heavy atom. The van der Waals surface area contributed by atoms with Crippen molar-refractivity contribution < 1.29 is 19.4 Å². The van der Waals surface area contributed by atoms with Gasteiger partial charge in [-0.05, 0) is 50.0 Å². The van der Waals surface area contributed by atoms with Crippen LogP contribution in [0.1, 0.15) is 56.1 Å². The van der Waals surface area contributed by atoms with E-state index in [1.807, 2.05) is 4.90 Å². The molecule has 0 aliphatic carbocycles. The molecule has 5 heteroatoms. The van der Waals surface area contributed by atoms with Crippen molar-refractivity contribution in [1.82, 2.24) is 4.90 Å². The second-order valence-corrected chi connectivity index (χ2v) is 8.01. The lowest BCUT2D eigenvalue weighted by atomic mass is 9.84. The largest absolute Gasteiger partial charge is 0.481 e. The SMILES string of the molecule is CCC(CC(=O)N1CCC([C@@H]2OCCC2C(=O)O)CC1)c1ccc(C)cc1. The first-order valence-corrected chi connectivity index (χ1v) is 10.2. The Bertz CT molecular complexity index is 649. The lowest BCUT2D eigenvalue weighted by Gasteiger charge is -2.36. The van der Waals surface area contributed by atoms with Gasteiger partial charge in [0.05, 0.1) is 12.0 Å². The van der Waals surface area contributed by atoms with Gasteiger partial charge in [0.25, 0.3) is 0 Å². The number of carboxylic acids is 1. The monoisotopic (exact) mass is 373 g/mol. The molecule has 3 rings (SSSR count). The molecule has 0 saturated carbocycles. The van der Waals surface area contributed by atoms with Crippen molar-refractivity contribution in [1.29, 1.82) is 0 Å². The highest BCUT2D eigenvalue weighted by atomic mass is 16.5. The van der Waals surface area contributed by atoms with Gasteiger partial charge in [-0.3, -0.25) is 9.59 Å². The fourth-order valence-corrected chi connectivity index (χ4v) is 4.49. The molecule has 0 bridgehead atoms. The number of rotatable bonds is 6. The number of piperidine rings is 1. The molecule has 2 fully saturated rings. The number of hydrogen-bond donors (Lipinski definition) is 1. The Balaban J connectivity index is 1.53. The number of carboxylic acid groups (broad SMARTS) is 1. The molecule has 1 N–H and O–H groups in total. The third-order valence-electron chi connectivity index (χ3n) is 6.27. The van der Waals surface area contributed by atoms with Crippen molar-refractivity contribution in [3.63, 3.8) is 0 Å². The van der Waals surface area contributed by atoms with Gasteiger partial charge in [-0.2, -0.15) is 0 Å². The molecule has 2 heterocycles. The topological polar surface area (TPSA) is 66.8 Å². The van der Waals surface area contributed by atoms with E-state index in [-0.39, 0.29) is 29.8 Å². The Morgan fingerprint density at radius 1 is 1.19 bits per heavy atom. The van der Waals surface area contributed by atoms with Crippen LogP contribution >= 0.6 is 0 Å². The standard InChI is InChI=1S/C22H31NO4/c1-3-16(17-6-4-15(2)5-7-17)14-20(24)23-11-8-18(9-12-23)21-19(22(25)26)10-13-27-21/h4-7,16,18-19,21H,3,8-14H2,1-2H3,(H,25,26)/t16?,19?,21-/m0/s1. The molecule has 2 unspecified atom stereocenters. The molecule has 1 aromatic rings. The van der Waals surface area contributed by atoms with E-state index in [1.165, 1.54) is 11.1 Å². The van der Waals surface area contributed by atoms with Crippen LogP contribution in [0.2, 0.25) is 0 Å². The summed E-state index contributed by atoms with van der Waals surface area (Å²) in [6.45, 7) is 6.16. The zero-order valence-corrected chi connectivity index (χ0v) is 16.4. The molecule has 0 aromatic heterocycles. The van der Waals surface area contributed by atoms with Crippen molar-refractivity contribution in [2.24, 2.45) is 11.8 Å². The minimum atomic E-state index is -0.750. The Labute approximate surface area is 161 Å². The summed E-state index contributed by atoms with van der Waals surface area (Å²) >= 11 is 0. The summed E-state index contributed by atoms with van der Waals surface area (Å²) in [4.78, 5) is 26.2. The zero-order chi connectivity index (χ0) is 19.4. The van der Waals surface area contributed by atoms with Crippen LogP contribution < -0.4 is 0 Å². The van der Waals surface area contributed by atoms with Gasteiger partial charge in [0.1, 0.15) is 0 Å². The Morgan fingerprint density at radius 2 is 1.85 bits per heavy atom. The molecule has 0 spiro atoms. The van der Waals surface area contributed by atoms with E-state index in [4.69, 9.17) is 4.74 Å². The van der Waals surface area contributed by atoms with Crippen LogP contribution in [0, 0.1) is 18.8 Å². The summed E-state index contributed by atoms with van der Waals surface area (Å²) in [5, 5.41) is 9.36. The van der Waals surface area contributed by atoms with Crippen LogP contribution in [0.15, 0.2) is 24.3 Å². The number of ether oxygens (including phenoxy) is 1. The molecule has 0 radical (unpaired) electrons. The molecule has 1 aromatic carbocycles. The molecule has 1 amide bonds. The minimum absolute atomic E-state index is 0.185. The molecule has 2 saturated heterocycles. The van der Waals surface area contributed by atoms with Crippen molar-refractivity contribution in [3.8, 4) is 0 Å². The van der Waals surface area contributed by atoms with Gasteiger partial charge in [0.15, 0.2) is 0 Å². The van der Waals surface area contributed by atoms with Crippen LogP contribution in [0.5, 0.6) is 0 Å². The summed E-state index contributed by atoms with van der Waals surface area (Å²) in [6.07, 6.45) is 3.58. The lowest BCUT2D eigenvalue weighted by molar-refractivity contribution is -0.146. The van der Waals surface area contributed by atoms with Crippen molar-refractivity contribution in [2.45, 2.75) is 58.0 Å². The number of benzene rings is 1. The van der Waals surface area contributed by atoms with Crippen molar-refractivity contribution in [3.05, 3.63) is 35.4 Å². The fourth-order valence-electron chi connectivity index (χ4n) is 4.49. The Kier molecular flexibility index (Phi) is 6.53. The van der Waals surface area contributed by atoms with Gasteiger partial charge in [0.2, 0.25) is 5.91 Å². The van der Waals surface area contributed by atoms with Gasteiger partial charge < -0.3 is 14.7 Å². The molecule has 2 aliphatic heterocycles. The first-order chi connectivity index (χ1) is 13.0. The summed E-state index contributed by atoms with van der Waals surface area (Å²) in [5.74, 6) is -0.423. The Hall–Kier alpha value is -1.88. The van der Waals surface area contributed by atoms with E-state index < -0.39 is 5.97 Å². The maximum atomic E-state index is 12.8. The normalized spacial score (nSPS) is 24.7. The number of nitrogens with zero attached hydrogens (tertiary/aromatic N) is 1. The highest BCUT2D eigenvalue weighted by molar-refractivity contribution is 5.77. The third kappa shape index (κ3) is 4.70. The van der Waals surface area contributed by atoms with Gasteiger partial charge in [0, 0.05) is 26.1 Å². The van der Waals surface area contributed by atoms with E-state index in [2.05, 4.69) is 38.1 Å². The maximum Gasteiger partial charge on any atom is 0.309 e. The first kappa shape index (κ1) is 19.9. The average Bonchev–Trinajstić information content (AvgIpc) is 3.17. The molecule has 5 nitrogen and oxygen atoms in total. The van der Waals surface area contributed by atoms with E-state index in [9.17, 15) is 14.7 Å². The smallest absolute Gasteiger partial charge is 0.309 e. The fraction of sp³-hybridized carbons (Fsp3) is 0.636. The summed E-state index contributed by atoms with van der Waals surface area (Å²) < 4.78 is 5.73. The van der Waals surface area contributed by atoms with E-state index in [1.54, 1.807) is 0 Å². The number of aryl methyl sites for hydroxylation is 1. The molecule has 2 aliphatic rings. The number of likely N-dealkylation sites (tertiary alicyclic amines) is 1. The predicted molar refractivity (Wildman–Crippen MR) is 104 cm³/mol. The quantitative estimate of drug-likeness (QED) is 0.827. The van der Waals surface area contributed by atoms with Crippen LogP contribution in [-0.4, -0.2) is 47.7 Å². The van der Waals surface area contributed by atoms with Gasteiger partial charge in [-0.1, -0.05) is 36.8 Å². The zero-order valence-electron chi connectivity index (χ0n) is 16.4. The number of amides is 1. The van der Waals surface area contributed by atoms with Gasteiger partial charge >= 0.3 is 5.97 Å². The highest BCUT2D eigenvalue weighted by Gasteiger charge is 2.40. The van der Waals surface area contributed by atoms with Crippen molar-refractivity contribution >= 4 is 11.9 Å². The highest BCUT2D eigenvalue weighted by Crippen LogP contribution is 2.34. The van der Waals surface area contributed by atoms with Gasteiger partial charge in [-0.25, -0.2) is 0 Å². The summed E-state index contributed by atoms with van der Waals surface area (Å²) in [6, 6.07) is 8.47. The number of carbonyl (C=O) groups excluding carboxylic acids is 1. The number of carbonyl (C=O) groups is 2. The number of hydrogen-bond acceptors (Lipinski definition) is 3. The van der Waals surface area contributed by atoms with Crippen LogP contribution in [0.3, 0.4) is 0 Å². The third-order valence-corrected chi connectivity index (χ3v) is 6.27. The first-order valence-electron chi connectivity index (χ1n) is 10.2. The average molecular weight is 373 g/mol. The minimum Gasteiger partial charge on any atom is -0.481 e. The summed E-state index contributed by atoms with van der Waals surface area (Å²) in [5.41, 5.74) is 2.46. The van der Waals surface area contributed by atoms with E-state index >= 15 is 0 Å². The predicted octanol–water partition coefficient (Wildman–Crippen LogP) is 3.61. The molecule has 148 valence electrons. The van der Waals surface area contributed by atoms with Crippen molar-refractivity contribution in [2.75, 3.05) is 19.7 Å². The van der Waals surface area contributed by atoms with E-state index in [0.29, 0.717) is 32.5 Å². The maximum absolute atomic E-state index is 12.8. The second-order valence-electron chi connectivity index (χ2n) is 8.01. The van der Waals surface area contributed by atoms with Gasteiger partial charge in [-0.15, -0.1) is 0 Å². The van der Waals surface area contributed by atoms with Crippen LogP contribution in [0.4, 0.5) is 0 Å². The molecule has 3 atom stereocenters. The van der Waals surface area contributed by atoms with Crippen LogP contribution in [0.25, 0.3) is 0 Å². The molecular formula is C22H31NO4. The lowest BCUT2D eigenvalue weighted by Crippen LogP contribution is -2.43.